The lowest BCUT2D eigenvalue weighted by molar-refractivity contribution is -0.114. The summed E-state index contributed by atoms with van der Waals surface area (Å²) < 4.78 is 0. The summed E-state index contributed by atoms with van der Waals surface area (Å²) in [5, 5.41) is 2.83. The van der Waals surface area contributed by atoms with E-state index >= 15 is 0 Å². The first-order valence-corrected chi connectivity index (χ1v) is 8.70. The van der Waals surface area contributed by atoms with Crippen molar-refractivity contribution in [3.63, 3.8) is 0 Å². The van der Waals surface area contributed by atoms with E-state index in [1.165, 1.54) is 5.56 Å². The quantitative estimate of drug-likeness (QED) is 0.804. The van der Waals surface area contributed by atoms with Crippen LogP contribution in [0.3, 0.4) is 0 Å². The van der Waals surface area contributed by atoms with Gasteiger partial charge in [0.2, 0.25) is 0 Å². The fourth-order valence-corrected chi connectivity index (χ4v) is 2.77. The van der Waals surface area contributed by atoms with Crippen LogP contribution in [0.5, 0.6) is 0 Å². The first-order chi connectivity index (χ1) is 11.6. The Balaban J connectivity index is 1.76. The van der Waals surface area contributed by atoms with Gasteiger partial charge in [-0.05, 0) is 36.1 Å². The Morgan fingerprint density at radius 3 is 2.62 bits per heavy atom. The Morgan fingerprint density at radius 2 is 1.92 bits per heavy atom. The molecule has 1 N–H and O–H groups in total. The van der Waals surface area contributed by atoms with E-state index in [2.05, 4.69) is 59.7 Å². The number of rotatable bonds is 5. The predicted molar refractivity (Wildman–Crippen MR) is 100 cm³/mol. The van der Waals surface area contributed by atoms with Gasteiger partial charge in [-0.2, -0.15) is 0 Å². The number of amides is 1. The maximum absolute atomic E-state index is 12.2. The highest BCUT2D eigenvalue weighted by Gasteiger charge is 2.21. The van der Waals surface area contributed by atoms with Gasteiger partial charge in [-0.15, -0.1) is 11.6 Å². The zero-order chi connectivity index (χ0) is 17.1. The fourth-order valence-electron chi connectivity index (χ4n) is 2.69. The van der Waals surface area contributed by atoms with Gasteiger partial charge < -0.3 is 5.32 Å². The number of hydrogen-bond acceptors (Lipinski definition) is 2. The van der Waals surface area contributed by atoms with Gasteiger partial charge in [0.15, 0.2) is 0 Å². The van der Waals surface area contributed by atoms with E-state index in [9.17, 15) is 4.79 Å². The first kappa shape index (κ1) is 16.7. The van der Waals surface area contributed by atoms with Crippen molar-refractivity contribution >= 4 is 28.9 Å². The van der Waals surface area contributed by atoms with Crippen molar-refractivity contribution < 1.29 is 4.79 Å². The van der Waals surface area contributed by atoms with Crippen molar-refractivity contribution in [2.75, 3.05) is 6.54 Å². The molecule has 0 aromatic heterocycles. The molecule has 3 nitrogen and oxygen atoms in total. The Labute approximate surface area is 147 Å². The van der Waals surface area contributed by atoms with Crippen molar-refractivity contribution in [1.82, 2.24) is 5.32 Å². The zero-order valence-corrected chi connectivity index (χ0v) is 14.7. The van der Waals surface area contributed by atoms with Crippen molar-refractivity contribution in [2.45, 2.75) is 32.1 Å². The summed E-state index contributed by atoms with van der Waals surface area (Å²) in [7, 11) is 0. The normalized spacial score (nSPS) is 14.0. The number of aryl methyl sites for hydroxylation is 1. The molecule has 4 heteroatoms. The topological polar surface area (TPSA) is 41.5 Å². The van der Waals surface area contributed by atoms with Gasteiger partial charge in [-0.3, -0.25) is 4.79 Å². The molecule has 0 radical (unpaired) electrons. The molecule has 0 saturated carbocycles. The van der Waals surface area contributed by atoms with Crippen LogP contribution in [-0.4, -0.2) is 23.5 Å². The number of fused-ring (bicyclic) bond motifs is 1. The van der Waals surface area contributed by atoms with Crippen molar-refractivity contribution in [1.29, 1.82) is 0 Å². The van der Waals surface area contributed by atoms with E-state index in [0.29, 0.717) is 18.7 Å². The van der Waals surface area contributed by atoms with E-state index in [-0.39, 0.29) is 11.3 Å². The summed E-state index contributed by atoms with van der Waals surface area (Å²) in [5.74, 6) is -0.123. The van der Waals surface area contributed by atoms with Gasteiger partial charge in [0.1, 0.15) is 5.71 Å². The van der Waals surface area contributed by atoms with Crippen LogP contribution in [0.4, 0.5) is 5.69 Å². The highest BCUT2D eigenvalue weighted by Crippen LogP contribution is 2.32. The average molecular weight is 341 g/mol. The van der Waals surface area contributed by atoms with Gasteiger partial charge in [-0.1, -0.05) is 48.9 Å². The molecular weight excluding hydrogens is 320 g/mol. The zero-order valence-electron chi connectivity index (χ0n) is 14.0. The second-order valence-electron chi connectivity index (χ2n) is 6.16. The molecule has 0 aliphatic carbocycles. The monoisotopic (exact) mass is 340 g/mol. The van der Waals surface area contributed by atoms with Crippen molar-refractivity contribution in [3.8, 4) is 11.1 Å². The smallest absolute Gasteiger partial charge is 0.266 e. The second-order valence-corrected chi connectivity index (χ2v) is 6.78. The molecule has 0 spiro atoms. The lowest BCUT2D eigenvalue weighted by Gasteiger charge is -2.07. The standard InChI is InChI=1S/C20H21ClN2O/c1-3-17(21)12-22-20(24)19-11-16-9-8-15(10-18(16)23-19)14-6-4-13(2)5-7-14/h4-10,17H,3,11-12H2,1-2H3,(H,22,24)/t17-/m0/s1. The maximum atomic E-state index is 12.2. The number of hydrogen-bond donors (Lipinski definition) is 1. The first-order valence-electron chi connectivity index (χ1n) is 8.26. The molecule has 1 heterocycles. The number of aliphatic imine (C=N–C) groups is 1. The average Bonchev–Trinajstić information content (AvgIpc) is 3.03. The highest BCUT2D eigenvalue weighted by molar-refractivity contribution is 6.41. The number of nitrogens with zero attached hydrogens (tertiary/aromatic N) is 1. The second kappa shape index (κ2) is 7.18. The lowest BCUT2D eigenvalue weighted by atomic mass is 10.0. The summed E-state index contributed by atoms with van der Waals surface area (Å²) in [4.78, 5) is 16.7. The van der Waals surface area contributed by atoms with Crippen molar-refractivity contribution in [2.24, 2.45) is 4.99 Å². The van der Waals surface area contributed by atoms with Crippen LogP contribution in [0.25, 0.3) is 11.1 Å². The van der Waals surface area contributed by atoms with E-state index in [0.717, 1.165) is 28.8 Å². The predicted octanol–water partition coefficient (Wildman–Crippen LogP) is 4.42. The molecule has 0 saturated heterocycles. The SMILES string of the molecule is CC[C@H](Cl)CNC(=O)C1=Nc2cc(-c3ccc(C)cc3)ccc2C1. The van der Waals surface area contributed by atoms with Gasteiger partial charge in [0.25, 0.3) is 5.91 Å². The number of alkyl halides is 1. The molecule has 1 atom stereocenters. The molecule has 1 aliphatic rings. The molecule has 3 rings (SSSR count). The van der Waals surface area contributed by atoms with E-state index < -0.39 is 0 Å². The largest absolute Gasteiger partial charge is 0.349 e. The molecular formula is C20H21ClN2O. The number of benzene rings is 2. The highest BCUT2D eigenvalue weighted by atomic mass is 35.5. The minimum atomic E-state index is -0.123. The summed E-state index contributed by atoms with van der Waals surface area (Å²) in [6, 6.07) is 14.6. The summed E-state index contributed by atoms with van der Waals surface area (Å²) in [6.45, 7) is 4.55. The van der Waals surface area contributed by atoms with Crippen LogP contribution in [-0.2, 0) is 11.2 Å². The summed E-state index contributed by atoms with van der Waals surface area (Å²) >= 11 is 6.05. The summed E-state index contributed by atoms with van der Waals surface area (Å²) in [6.07, 6.45) is 1.41. The number of carbonyl (C=O) groups is 1. The van der Waals surface area contributed by atoms with Crippen LogP contribution < -0.4 is 5.32 Å². The minimum Gasteiger partial charge on any atom is -0.349 e. The van der Waals surface area contributed by atoms with Crippen LogP contribution in [0.2, 0.25) is 0 Å². The van der Waals surface area contributed by atoms with Crippen molar-refractivity contribution in [3.05, 3.63) is 53.6 Å². The third-order valence-electron chi connectivity index (χ3n) is 4.27. The molecule has 2 aromatic rings. The van der Waals surface area contributed by atoms with E-state index in [1.807, 2.05) is 6.92 Å². The van der Waals surface area contributed by atoms with Crippen LogP contribution >= 0.6 is 11.6 Å². The van der Waals surface area contributed by atoms with Gasteiger partial charge >= 0.3 is 0 Å². The van der Waals surface area contributed by atoms with Gasteiger partial charge in [0.05, 0.1) is 11.1 Å². The molecule has 0 fully saturated rings. The third kappa shape index (κ3) is 3.68. The Bertz CT molecular complexity index is 781. The van der Waals surface area contributed by atoms with Gasteiger partial charge in [0, 0.05) is 13.0 Å². The molecule has 24 heavy (non-hydrogen) atoms. The molecule has 1 amide bonds. The van der Waals surface area contributed by atoms with E-state index in [1.54, 1.807) is 0 Å². The molecule has 1 aliphatic heterocycles. The minimum absolute atomic E-state index is 0.0357. The van der Waals surface area contributed by atoms with Crippen LogP contribution in [0.1, 0.15) is 24.5 Å². The molecule has 0 bridgehead atoms. The fraction of sp³-hybridized carbons (Fsp3) is 0.300. The number of halogens is 1. The Morgan fingerprint density at radius 1 is 1.21 bits per heavy atom. The molecule has 0 unspecified atom stereocenters. The maximum Gasteiger partial charge on any atom is 0.266 e. The number of nitrogens with one attached hydrogen (secondary N) is 1. The lowest BCUT2D eigenvalue weighted by Crippen LogP contribution is -2.35. The Hall–Kier alpha value is -2.13. The van der Waals surface area contributed by atoms with Gasteiger partial charge in [-0.25, -0.2) is 4.99 Å². The van der Waals surface area contributed by atoms with Crippen LogP contribution in [0.15, 0.2) is 47.5 Å². The third-order valence-corrected chi connectivity index (χ3v) is 4.74. The Kier molecular flexibility index (Phi) is 5.00. The van der Waals surface area contributed by atoms with Crippen LogP contribution in [0, 0.1) is 6.92 Å². The van der Waals surface area contributed by atoms with E-state index in [4.69, 9.17) is 11.6 Å². The molecule has 124 valence electrons. The summed E-state index contributed by atoms with van der Waals surface area (Å²) in [5.41, 5.74) is 6.05. The number of carbonyl (C=O) groups excluding carboxylic acids is 1. The molecule has 2 aromatic carbocycles.